The van der Waals surface area contributed by atoms with Crippen LogP contribution in [0.25, 0.3) is 0 Å². The predicted molar refractivity (Wildman–Crippen MR) is 70.6 cm³/mol. The largest absolute Gasteiger partial charge is 0.573 e. The number of nitrogens with zero attached hydrogens (tertiary/aromatic N) is 1. The number of rotatable bonds is 3. The van der Waals surface area contributed by atoms with Crippen molar-refractivity contribution in [2.24, 2.45) is 0 Å². The summed E-state index contributed by atoms with van der Waals surface area (Å²) in [7, 11) is 0. The van der Waals surface area contributed by atoms with Gasteiger partial charge in [0.2, 0.25) is 5.91 Å². The molecule has 0 aromatic heterocycles. The lowest BCUT2D eigenvalue weighted by Gasteiger charge is -2.31. The van der Waals surface area contributed by atoms with E-state index in [9.17, 15) is 18.0 Å². The van der Waals surface area contributed by atoms with E-state index >= 15 is 0 Å². The molecule has 1 aromatic rings. The van der Waals surface area contributed by atoms with Gasteiger partial charge >= 0.3 is 6.36 Å². The number of alkyl halides is 3. The summed E-state index contributed by atoms with van der Waals surface area (Å²) in [5, 5.41) is 3.21. The van der Waals surface area contributed by atoms with Crippen molar-refractivity contribution in [1.29, 1.82) is 0 Å². The molecule has 1 N–H and O–H groups in total. The molecule has 0 bridgehead atoms. The molecule has 4 nitrogen and oxygen atoms in total. The van der Waals surface area contributed by atoms with Gasteiger partial charge in [-0.25, -0.2) is 0 Å². The van der Waals surface area contributed by atoms with Gasteiger partial charge in [-0.2, -0.15) is 0 Å². The van der Waals surface area contributed by atoms with Crippen molar-refractivity contribution in [1.82, 2.24) is 10.2 Å². The molecule has 1 aliphatic heterocycles. The number of amides is 1. The fraction of sp³-hybridized carbons (Fsp3) is 0.429. The van der Waals surface area contributed by atoms with Gasteiger partial charge in [-0.15, -0.1) is 13.2 Å². The highest BCUT2D eigenvalue weighted by molar-refractivity contribution is 5.88. The van der Waals surface area contributed by atoms with Gasteiger partial charge in [0.1, 0.15) is 5.75 Å². The number of carbonyl (C=O) groups excluding carboxylic acids is 1. The summed E-state index contributed by atoms with van der Waals surface area (Å²) in [6.07, 6.45) is -3.42. The Morgan fingerprint density at radius 2 is 2.24 bits per heavy atom. The Morgan fingerprint density at radius 3 is 2.90 bits per heavy atom. The fourth-order valence-electron chi connectivity index (χ4n) is 2.17. The first-order valence-corrected chi connectivity index (χ1v) is 6.56. The molecule has 7 heteroatoms. The van der Waals surface area contributed by atoms with E-state index in [2.05, 4.69) is 10.1 Å². The summed E-state index contributed by atoms with van der Waals surface area (Å²) < 4.78 is 40.3. The number of halogens is 3. The molecule has 0 unspecified atom stereocenters. The quantitative estimate of drug-likeness (QED) is 0.928. The van der Waals surface area contributed by atoms with Gasteiger partial charge in [0.25, 0.3) is 0 Å². The molecule has 0 spiro atoms. The number of carbonyl (C=O) groups is 1. The van der Waals surface area contributed by atoms with Gasteiger partial charge in [0, 0.05) is 25.7 Å². The van der Waals surface area contributed by atoms with Crippen LogP contribution in [0.3, 0.4) is 0 Å². The van der Waals surface area contributed by atoms with Gasteiger partial charge in [-0.05, 0) is 24.6 Å². The minimum atomic E-state index is -4.74. The number of hydrogen-bond acceptors (Lipinski definition) is 3. The summed E-state index contributed by atoms with van der Waals surface area (Å²) in [4.78, 5) is 13.8. The molecule has 0 saturated carbocycles. The SMILES string of the molecule is C[C@@H]1CN(C(=O)[CH]c2cccc(OC(F)(F)F)c2)CCN1. The standard InChI is InChI=1S/C14H16F3N2O2/c1-10-9-19(6-5-18-10)13(20)8-11-3-2-4-12(7-11)21-14(15,16)17/h2-4,7-8,10,18H,5-6,9H2,1H3/t10-/m1/s1. The number of piperazine rings is 1. The molecule has 1 saturated heterocycles. The van der Waals surface area contributed by atoms with Crippen molar-refractivity contribution in [3.8, 4) is 5.75 Å². The molecule has 21 heavy (non-hydrogen) atoms. The van der Waals surface area contributed by atoms with Crippen molar-refractivity contribution in [3.63, 3.8) is 0 Å². The Morgan fingerprint density at radius 1 is 1.48 bits per heavy atom. The lowest BCUT2D eigenvalue weighted by molar-refractivity contribution is -0.274. The molecule has 1 radical (unpaired) electrons. The molecular weight excluding hydrogens is 285 g/mol. The highest BCUT2D eigenvalue weighted by Gasteiger charge is 2.31. The zero-order chi connectivity index (χ0) is 15.5. The number of benzene rings is 1. The number of ether oxygens (including phenoxy) is 1. The van der Waals surface area contributed by atoms with Gasteiger partial charge < -0.3 is 15.0 Å². The molecule has 1 amide bonds. The molecule has 1 aromatic carbocycles. The summed E-state index contributed by atoms with van der Waals surface area (Å²) in [6, 6.07) is 5.57. The topological polar surface area (TPSA) is 41.6 Å². The Bertz CT molecular complexity index is 505. The average molecular weight is 301 g/mol. The van der Waals surface area contributed by atoms with Crippen molar-refractivity contribution in [2.45, 2.75) is 19.3 Å². The van der Waals surface area contributed by atoms with Gasteiger partial charge in [-0.1, -0.05) is 12.1 Å². The normalized spacial score (nSPS) is 19.4. The molecule has 1 atom stereocenters. The maximum Gasteiger partial charge on any atom is 0.573 e. The molecule has 0 aliphatic carbocycles. The maximum atomic E-state index is 12.2. The van der Waals surface area contributed by atoms with E-state index in [4.69, 9.17) is 0 Å². The third-order valence-corrected chi connectivity index (χ3v) is 3.06. The number of nitrogens with one attached hydrogen (secondary N) is 1. The van der Waals surface area contributed by atoms with Crippen molar-refractivity contribution in [2.75, 3.05) is 19.6 Å². The first-order chi connectivity index (χ1) is 9.83. The minimum absolute atomic E-state index is 0.205. The van der Waals surface area contributed by atoms with Crippen molar-refractivity contribution in [3.05, 3.63) is 36.2 Å². The minimum Gasteiger partial charge on any atom is -0.406 e. The second-order valence-electron chi connectivity index (χ2n) is 4.90. The molecule has 1 heterocycles. The van der Waals surface area contributed by atoms with Gasteiger partial charge in [-0.3, -0.25) is 4.79 Å². The van der Waals surface area contributed by atoms with Crippen LogP contribution in [0.1, 0.15) is 12.5 Å². The Kier molecular flexibility index (Phi) is 4.72. The van der Waals surface area contributed by atoms with Crippen LogP contribution in [0.2, 0.25) is 0 Å². The monoisotopic (exact) mass is 301 g/mol. The Hall–Kier alpha value is -1.76. The van der Waals surface area contributed by atoms with E-state index in [0.717, 1.165) is 0 Å². The van der Waals surface area contributed by atoms with Crippen LogP contribution in [0.5, 0.6) is 5.75 Å². The van der Waals surface area contributed by atoms with Crippen LogP contribution >= 0.6 is 0 Å². The highest BCUT2D eigenvalue weighted by Crippen LogP contribution is 2.24. The van der Waals surface area contributed by atoms with Crippen LogP contribution in [0.4, 0.5) is 13.2 Å². The van der Waals surface area contributed by atoms with E-state index < -0.39 is 6.36 Å². The third kappa shape index (κ3) is 4.93. The van der Waals surface area contributed by atoms with Crippen molar-refractivity contribution < 1.29 is 22.7 Å². The lowest BCUT2D eigenvalue weighted by atomic mass is 10.1. The van der Waals surface area contributed by atoms with E-state index in [1.165, 1.54) is 24.6 Å². The maximum absolute atomic E-state index is 12.2. The first-order valence-electron chi connectivity index (χ1n) is 6.56. The molecular formula is C14H16F3N2O2. The molecule has 1 aliphatic rings. The Labute approximate surface area is 120 Å². The van der Waals surface area contributed by atoms with E-state index in [-0.39, 0.29) is 17.7 Å². The Balaban J connectivity index is 1.99. The summed E-state index contributed by atoms with van der Waals surface area (Å²) in [5.41, 5.74) is 0.382. The lowest BCUT2D eigenvalue weighted by Crippen LogP contribution is -2.51. The van der Waals surface area contributed by atoms with Crippen LogP contribution in [0, 0.1) is 6.42 Å². The zero-order valence-corrected chi connectivity index (χ0v) is 11.5. The summed E-state index contributed by atoms with van der Waals surface area (Å²) in [5.74, 6) is -0.551. The highest BCUT2D eigenvalue weighted by atomic mass is 19.4. The molecule has 115 valence electrons. The van der Waals surface area contributed by atoms with E-state index in [1.807, 2.05) is 6.92 Å². The van der Waals surface area contributed by atoms with E-state index in [0.29, 0.717) is 25.2 Å². The predicted octanol–water partition coefficient (Wildman–Crippen LogP) is 1.96. The van der Waals surface area contributed by atoms with Crippen LogP contribution in [-0.4, -0.2) is 42.8 Å². The second-order valence-corrected chi connectivity index (χ2v) is 4.90. The van der Waals surface area contributed by atoms with Gasteiger partial charge in [0.15, 0.2) is 0 Å². The van der Waals surface area contributed by atoms with Crippen LogP contribution in [0.15, 0.2) is 24.3 Å². The van der Waals surface area contributed by atoms with Gasteiger partial charge in [0.05, 0.1) is 6.42 Å². The average Bonchev–Trinajstić information content (AvgIpc) is 2.37. The summed E-state index contributed by atoms with van der Waals surface area (Å²) >= 11 is 0. The summed E-state index contributed by atoms with van der Waals surface area (Å²) in [6.45, 7) is 3.84. The van der Waals surface area contributed by atoms with Crippen LogP contribution in [-0.2, 0) is 4.79 Å². The van der Waals surface area contributed by atoms with E-state index in [1.54, 1.807) is 11.0 Å². The third-order valence-electron chi connectivity index (χ3n) is 3.06. The molecule has 1 fully saturated rings. The van der Waals surface area contributed by atoms with Crippen molar-refractivity contribution >= 4 is 5.91 Å². The zero-order valence-electron chi connectivity index (χ0n) is 11.5. The second kappa shape index (κ2) is 6.34. The molecule has 2 rings (SSSR count). The number of hydrogen-bond donors (Lipinski definition) is 1. The first kappa shape index (κ1) is 15.6. The fourth-order valence-corrected chi connectivity index (χ4v) is 2.17. The smallest absolute Gasteiger partial charge is 0.406 e. The van der Waals surface area contributed by atoms with Crippen LogP contribution < -0.4 is 10.1 Å².